The topological polar surface area (TPSA) is 79.7 Å². The Kier molecular flexibility index (Phi) is 7.66. The van der Waals surface area contributed by atoms with Crippen molar-refractivity contribution in [3.05, 3.63) is 43.2 Å². The summed E-state index contributed by atoms with van der Waals surface area (Å²) < 4.78 is 4.69. The average Bonchev–Trinajstić information content (AvgIpc) is 2.38. The summed E-state index contributed by atoms with van der Waals surface area (Å²) in [4.78, 5) is 15.0. The molecule has 0 fully saturated rings. The highest BCUT2D eigenvalue weighted by Gasteiger charge is 2.09. The molecule has 16 heavy (non-hydrogen) atoms. The van der Waals surface area contributed by atoms with E-state index in [-0.39, 0.29) is 6.61 Å². The first-order valence-electron chi connectivity index (χ1n) is 4.60. The van der Waals surface area contributed by atoms with Crippen LogP contribution in [0.15, 0.2) is 37.7 Å². The maximum atomic E-state index is 11.2. The molecule has 1 atom stereocenters. The van der Waals surface area contributed by atoms with Gasteiger partial charge in [0.05, 0.1) is 12.2 Å². The monoisotopic (exact) mass is 225 g/mol. The lowest BCUT2D eigenvalue weighted by Gasteiger charge is -2.07. The van der Waals surface area contributed by atoms with Gasteiger partial charge in [-0.25, -0.2) is 4.79 Å². The van der Waals surface area contributed by atoms with Gasteiger partial charge < -0.3 is 14.9 Å². The van der Waals surface area contributed by atoms with Crippen LogP contribution in [0.1, 0.15) is 10.4 Å². The van der Waals surface area contributed by atoms with Gasteiger partial charge in [0.2, 0.25) is 0 Å². The maximum absolute atomic E-state index is 11.2. The highest BCUT2D eigenvalue weighted by molar-refractivity contribution is 5.88. The van der Waals surface area contributed by atoms with Crippen LogP contribution in [0, 0.1) is 0 Å². The molecule has 5 nitrogen and oxygen atoms in total. The Morgan fingerprint density at radius 2 is 2.25 bits per heavy atom. The second kappa shape index (κ2) is 8.58. The molecule has 0 saturated carbocycles. The number of nitrogens with zero attached hydrogens (tertiary/aromatic N) is 1. The van der Waals surface area contributed by atoms with E-state index in [0.717, 1.165) is 0 Å². The van der Waals surface area contributed by atoms with Crippen LogP contribution in [0.25, 0.3) is 0 Å². The van der Waals surface area contributed by atoms with Crippen LogP contribution in [0.3, 0.4) is 0 Å². The molecule has 0 aliphatic rings. The fourth-order valence-electron chi connectivity index (χ4n) is 0.791. The first kappa shape index (κ1) is 14.3. The molecule has 0 saturated heterocycles. The van der Waals surface area contributed by atoms with E-state index in [1.54, 1.807) is 18.3 Å². The van der Waals surface area contributed by atoms with E-state index in [9.17, 15) is 4.79 Å². The molecule has 1 rings (SSSR count). The fourth-order valence-corrected chi connectivity index (χ4v) is 0.791. The summed E-state index contributed by atoms with van der Waals surface area (Å²) in [5.74, 6) is -0.564. The lowest BCUT2D eigenvalue weighted by Crippen LogP contribution is -2.21. The van der Waals surface area contributed by atoms with Crippen molar-refractivity contribution in [2.24, 2.45) is 0 Å². The van der Waals surface area contributed by atoms with Gasteiger partial charge in [-0.05, 0) is 12.1 Å². The summed E-state index contributed by atoms with van der Waals surface area (Å²) in [7, 11) is 0. The third-order valence-corrected chi connectivity index (χ3v) is 1.51. The number of aromatic nitrogens is 1. The van der Waals surface area contributed by atoms with Crippen molar-refractivity contribution >= 4 is 5.97 Å². The van der Waals surface area contributed by atoms with E-state index in [1.807, 2.05) is 0 Å². The van der Waals surface area contributed by atoms with Crippen LogP contribution >= 0.6 is 0 Å². The van der Waals surface area contributed by atoms with Crippen LogP contribution in [-0.2, 0) is 4.74 Å². The molecule has 2 N–H and O–H groups in total. The number of esters is 1. The number of pyridine rings is 1. The molecule has 0 radical (unpaired) electrons. The molecule has 5 heteroatoms. The Bertz CT molecular complexity index is 302. The highest BCUT2D eigenvalue weighted by atomic mass is 16.5. The third kappa shape index (κ3) is 5.23. The third-order valence-electron chi connectivity index (χ3n) is 1.51. The second-order valence-corrected chi connectivity index (χ2v) is 2.68. The zero-order valence-electron chi connectivity index (χ0n) is 8.87. The minimum Gasteiger partial charge on any atom is -0.459 e. The van der Waals surface area contributed by atoms with Crippen LogP contribution in [0.5, 0.6) is 0 Å². The summed E-state index contributed by atoms with van der Waals surface area (Å²) >= 11 is 0. The molecule has 1 heterocycles. The number of rotatable bonds is 4. The number of carbonyl (C=O) groups excluding carboxylic acids is 1. The van der Waals surface area contributed by atoms with Gasteiger partial charge in [-0.15, -0.1) is 13.2 Å². The van der Waals surface area contributed by atoms with Gasteiger partial charge in [0, 0.05) is 12.4 Å². The minimum absolute atomic E-state index is 0.218. The van der Waals surface area contributed by atoms with Crippen molar-refractivity contribution < 1.29 is 19.7 Å². The summed E-state index contributed by atoms with van der Waals surface area (Å²) in [6.07, 6.45) is 1.88. The van der Waals surface area contributed by atoms with Gasteiger partial charge in [0.15, 0.2) is 0 Å². The van der Waals surface area contributed by atoms with Gasteiger partial charge in [-0.1, -0.05) is 0 Å². The van der Waals surface area contributed by atoms with Crippen molar-refractivity contribution in [2.45, 2.75) is 6.10 Å². The first-order valence-corrected chi connectivity index (χ1v) is 4.60. The zero-order valence-corrected chi connectivity index (χ0v) is 8.87. The zero-order chi connectivity index (χ0) is 12.4. The molecule has 0 aliphatic heterocycles. The van der Waals surface area contributed by atoms with Gasteiger partial charge in [0.25, 0.3) is 0 Å². The average molecular weight is 225 g/mol. The first-order chi connectivity index (χ1) is 7.74. The standard InChI is InChI=1S/C9H11NO4.C2H4/c11-5-8(12)6-14-9(13)7-2-1-3-10-4-7;1-2/h1-4,8,11-12H,5-6H2;1-2H2. The molecule has 0 bridgehead atoms. The smallest absolute Gasteiger partial charge is 0.339 e. The van der Waals surface area contributed by atoms with Crippen LogP contribution in [-0.4, -0.2) is 40.5 Å². The lowest BCUT2D eigenvalue weighted by molar-refractivity contribution is 0.00930. The van der Waals surface area contributed by atoms with Gasteiger partial charge in [0.1, 0.15) is 12.7 Å². The largest absolute Gasteiger partial charge is 0.459 e. The van der Waals surface area contributed by atoms with Gasteiger partial charge in [-0.2, -0.15) is 0 Å². The normalized spacial score (nSPS) is 10.9. The molecule has 1 aromatic rings. The molecule has 1 unspecified atom stereocenters. The Hall–Kier alpha value is -1.72. The van der Waals surface area contributed by atoms with Crippen LogP contribution < -0.4 is 0 Å². The number of ether oxygens (including phenoxy) is 1. The summed E-state index contributed by atoms with van der Waals surface area (Å²) in [6.45, 7) is 5.35. The Balaban J connectivity index is 0.00000106. The Morgan fingerprint density at radius 1 is 1.56 bits per heavy atom. The van der Waals surface area contributed by atoms with Crippen molar-refractivity contribution in [1.82, 2.24) is 4.98 Å². The maximum Gasteiger partial charge on any atom is 0.339 e. The fraction of sp³-hybridized carbons (Fsp3) is 0.273. The summed E-state index contributed by atoms with van der Waals surface area (Å²) in [5.41, 5.74) is 0.317. The number of aliphatic hydroxyl groups excluding tert-OH is 2. The Labute approximate surface area is 94.0 Å². The van der Waals surface area contributed by atoms with E-state index in [2.05, 4.69) is 18.1 Å². The van der Waals surface area contributed by atoms with Gasteiger partial charge in [-0.3, -0.25) is 4.98 Å². The summed E-state index contributed by atoms with van der Waals surface area (Å²) in [6, 6.07) is 3.17. The van der Waals surface area contributed by atoms with E-state index < -0.39 is 18.7 Å². The number of hydrogen-bond donors (Lipinski definition) is 2. The molecule has 0 aromatic carbocycles. The second-order valence-electron chi connectivity index (χ2n) is 2.68. The van der Waals surface area contributed by atoms with E-state index in [4.69, 9.17) is 14.9 Å². The molecule has 0 spiro atoms. The highest BCUT2D eigenvalue weighted by Crippen LogP contribution is 1.99. The predicted molar refractivity (Wildman–Crippen MR) is 58.9 cm³/mol. The van der Waals surface area contributed by atoms with E-state index in [1.165, 1.54) is 6.20 Å². The molecule has 88 valence electrons. The quantitative estimate of drug-likeness (QED) is 0.572. The SMILES string of the molecule is C=C.O=C(OCC(O)CO)c1cccnc1. The molecular weight excluding hydrogens is 210 g/mol. The lowest BCUT2D eigenvalue weighted by atomic mass is 10.3. The van der Waals surface area contributed by atoms with E-state index >= 15 is 0 Å². The van der Waals surface area contributed by atoms with Crippen molar-refractivity contribution in [3.8, 4) is 0 Å². The van der Waals surface area contributed by atoms with E-state index in [0.29, 0.717) is 5.56 Å². The molecule has 1 aromatic heterocycles. The van der Waals surface area contributed by atoms with Crippen molar-refractivity contribution in [3.63, 3.8) is 0 Å². The van der Waals surface area contributed by atoms with Crippen LogP contribution in [0.2, 0.25) is 0 Å². The van der Waals surface area contributed by atoms with Crippen molar-refractivity contribution in [1.29, 1.82) is 0 Å². The minimum atomic E-state index is -1.03. The van der Waals surface area contributed by atoms with Gasteiger partial charge >= 0.3 is 5.97 Å². The number of aliphatic hydroxyl groups is 2. The molecular formula is C11H15NO4. The number of hydrogen-bond acceptors (Lipinski definition) is 5. The molecule has 0 amide bonds. The van der Waals surface area contributed by atoms with Crippen molar-refractivity contribution in [2.75, 3.05) is 13.2 Å². The molecule has 0 aliphatic carbocycles. The number of carbonyl (C=O) groups is 1. The predicted octanol–water partition coefficient (Wildman–Crippen LogP) is 0.394. The summed E-state index contributed by atoms with van der Waals surface area (Å²) in [5, 5.41) is 17.4. The Morgan fingerprint density at radius 3 is 2.75 bits per heavy atom. The van der Waals surface area contributed by atoms with Crippen LogP contribution in [0.4, 0.5) is 0 Å².